The van der Waals surface area contributed by atoms with Crippen LogP contribution in [0.15, 0.2) is 67.3 Å². The fourth-order valence-electron chi connectivity index (χ4n) is 3.36. The van der Waals surface area contributed by atoms with Crippen molar-refractivity contribution in [1.82, 2.24) is 24.7 Å². The van der Waals surface area contributed by atoms with Crippen LogP contribution in [0.25, 0.3) is 22.8 Å². The van der Waals surface area contributed by atoms with Crippen LogP contribution in [0.4, 0.5) is 5.69 Å². The van der Waals surface area contributed by atoms with Gasteiger partial charge in [0.15, 0.2) is 5.82 Å². The van der Waals surface area contributed by atoms with Crippen molar-refractivity contribution in [3.05, 3.63) is 78.4 Å². The average Bonchev–Trinajstić information content (AvgIpc) is 3.30. The second-order valence-corrected chi connectivity index (χ2v) is 7.35. The molecule has 0 aliphatic rings. The monoisotopic (exact) mass is 427 g/mol. The summed E-state index contributed by atoms with van der Waals surface area (Å²) in [6, 6.07) is 13.7. The Morgan fingerprint density at radius 1 is 1.00 bits per heavy atom. The summed E-state index contributed by atoms with van der Waals surface area (Å²) in [6.45, 7) is 4.03. The second-order valence-electron chi connectivity index (χ2n) is 7.35. The van der Waals surface area contributed by atoms with Crippen LogP contribution in [0.2, 0.25) is 0 Å². The Morgan fingerprint density at radius 2 is 1.75 bits per heavy atom. The Kier molecular flexibility index (Phi) is 5.71. The molecule has 0 saturated carbocycles. The zero-order valence-electron chi connectivity index (χ0n) is 17.6. The smallest absolute Gasteiger partial charge is 0.256 e. The number of nitrogens with one attached hydrogen (secondary N) is 1. The van der Waals surface area contributed by atoms with E-state index < -0.39 is 11.8 Å². The van der Waals surface area contributed by atoms with Gasteiger partial charge in [0.1, 0.15) is 12.0 Å². The second kappa shape index (κ2) is 8.76. The van der Waals surface area contributed by atoms with Crippen molar-refractivity contribution >= 4 is 17.5 Å². The molecule has 9 nitrogen and oxygen atoms in total. The normalized spacial score (nSPS) is 10.8. The zero-order valence-corrected chi connectivity index (χ0v) is 17.6. The molecule has 0 bridgehead atoms. The molecule has 4 aromatic rings. The molecule has 32 heavy (non-hydrogen) atoms. The predicted octanol–water partition coefficient (Wildman–Crippen LogP) is 3.33. The van der Waals surface area contributed by atoms with E-state index in [2.05, 4.69) is 20.5 Å². The third-order valence-corrected chi connectivity index (χ3v) is 4.86. The quantitative estimate of drug-likeness (QED) is 0.486. The number of anilines is 1. The molecule has 160 valence electrons. The van der Waals surface area contributed by atoms with E-state index >= 15 is 0 Å². The molecule has 0 atom stereocenters. The number of primary amides is 1. The number of aromatic nitrogens is 5. The van der Waals surface area contributed by atoms with E-state index in [1.807, 2.05) is 18.4 Å². The number of rotatable bonds is 6. The minimum atomic E-state index is -0.659. The van der Waals surface area contributed by atoms with Crippen LogP contribution in [-0.4, -0.2) is 36.5 Å². The van der Waals surface area contributed by atoms with Crippen LogP contribution in [-0.2, 0) is 0 Å². The van der Waals surface area contributed by atoms with Crippen molar-refractivity contribution in [2.75, 3.05) is 5.32 Å². The summed E-state index contributed by atoms with van der Waals surface area (Å²) in [5, 5.41) is 11.0. The molecule has 0 spiro atoms. The molecule has 3 heterocycles. The van der Waals surface area contributed by atoms with Gasteiger partial charge in [0.25, 0.3) is 5.91 Å². The highest BCUT2D eigenvalue weighted by Gasteiger charge is 2.21. The van der Waals surface area contributed by atoms with Gasteiger partial charge in [0, 0.05) is 28.9 Å². The third kappa shape index (κ3) is 4.08. The molecule has 0 fully saturated rings. The van der Waals surface area contributed by atoms with E-state index in [1.165, 1.54) is 6.20 Å². The lowest BCUT2D eigenvalue weighted by atomic mass is 9.96. The standard InChI is InChI=1S/C23H21N7O2/c1-14(2)30-13-26-29-22(30)19-10-4-9-18(28-19)20-16(21(24)31)7-3-8-17(20)23(32)27-15-6-5-11-25-12-15/h3-14H,1-2H3,(H2,24,31)(H,27,32). The molecular formula is C23H21N7O2. The van der Waals surface area contributed by atoms with E-state index in [9.17, 15) is 9.59 Å². The molecule has 0 aliphatic heterocycles. The summed E-state index contributed by atoms with van der Waals surface area (Å²) in [5.74, 6) is -0.484. The molecule has 9 heteroatoms. The van der Waals surface area contributed by atoms with Gasteiger partial charge in [-0.05, 0) is 50.2 Å². The van der Waals surface area contributed by atoms with Gasteiger partial charge in [-0.3, -0.25) is 14.6 Å². The largest absolute Gasteiger partial charge is 0.366 e. The van der Waals surface area contributed by atoms with Crippen LogP contribution < -0.4 is 11.1 Å². The van der Waals surface area contributed by atoms with Crippen LogP contribution >= 0.6 is 0 Å². The van der Waals surface area contributed by atoms with Gasteiger partial charge >= 0.3 is 0 Å². The average molecular weight is 427 g/mol. The minimum Gasteiger partial charge on any atom is -0.366 e. The SMILES string of the molecule is CC(C)n1cnnc1-c1cccc(-c2c(C(N)=O)cccc2C(=O)Nc2cccnc2)n1. The van der Waals surface area contributed by atoms with Crippen LogP contribution in [0.3, 0.4) is 0 Å². The summed E-state index contributed by atoms with van der Waals surface area (Å²) < 4.78 is 1.89. The number of carbonyl (C=O) groups is 2. The molecular weight excluding hydrogens is 406 g/mol. The maximum absolute atomic E-state index is 13.1. The van der Waals surface area contributed by atoms with E-state index in [0.29, 0.717) is 28.5 Å². The van der Waals surface area contributed by atoms with Crippen molar-refractivity contribution in [2.24, 2.45) is 5.73 Å². The first-order valence-corrected chi connectivity index (χ1v) is 9.97. The highest BCUT2D eigenvalue weighted by Crippen LogP contribution is 2.29. The van der Waals surface area contributed by atoms with E-state index in [0.717, 1.165) is 0 Å². The lowest BCUT2D eigenvalue weighted by Gasteiger charge is -2.14. The topological polar surface area (TPSA) is 129 Å². The van der Waals surface area contributed by atoms with Gasteiger partial charge < -0.3 is 15.6 Å². The number of amides is 2. The molecule has 1 aromatic carbocycles. The molecule has 0 unspecified atom stereocenters. The maximum Gasteiger partial charge on any atom is 0.256 e. The summed E-state index contributed by atoms with van der Waals surface area (Å²) >= 11 is 0. The number of benzene rings is 1. The van der Waals surface area contributed by atoms with Gasteiger partial charge in [-0.15, -0.1) is 10.2 Å². The Morgan fingerprint density at radius 3 is 2.47 bits per heavy atom. The van der Waals surface area contributed by atoms with Gasteiger partial charge in [-0.25, -0.2) is 4.98 Å². The first-order chi connectivity index (χ1) is 15.5. The Hall–Kier alpha value is -4.40. The maximum atomic E-state index is 13.1. The van der Waals surface area contributed by atoms with Crippen LogP contribution in [0.5, 0.6) is 0 Å². The summed E-state index contributed by atoms with van der Waals surface area (Å²) in [4.78, 5) is 34.0. The fourth-order valence-corrected chi connectivity index (χ4v) is 3.36. The van der Waals surface area contributed by atoms with Crippen molar-refractivity contribution < 1.29 is 9.59 Å². The third-order valence-electron chi connectivity index (χ3n) is 4.86. The molecule has 3 N–H and O–H groups in total. The van der Waals surface area contributed by atoms with Gasteiger partial charge in [0.05, 0.1) is 17.6 Å². The molecule has 0 radical (unpaired) electrons. The summed E-state index contributed by atoms with van der Waals surface area (Å²) in [6.07, 6.45) is 4.78. The minimum absolute atomic E-state index is 0.129. The highest BCUT2D eigenvalue weighted by atomic mass is 16.2. The van der Waals surface area contributed by atoms with Crippen molar-refractivity contribution in [1.29, 1.82) is 0 Å². The molecule has 0 saturated heterocycles. The van der Waals surface area contributed by atoms with Gasteiger partial charge in [0.2, 0.25) is 5.91 Å². The van der Waals surface area contributed by atoms with Crippen LogP contribution in [0, 0.1) is 0 Å². The first kappa shape index (κ1) is 20.9. The number of pyridine rings is 2. The highest BCUT2D eigenvalue weighted by molar-refractivity contribution is 6.12. The van der Waals surface area contributed by atoms with Gasteiger partial charge in [-0.2, -0.15) is 0 Å². The lowest BCUT2D eigenvalue weighted by molar-refractivity contribution is 0.100. The van der Waals surface area contributed by atoms with E-state index in [4.69, 9.17) is 10.7 Å². The number of hydrogen-bond donors (Lipinski definition) is 2. The van der Waals surface area contributed by atoms with Crippen molar-refractivity contribution in [3.63, 3.8) is 0 Å². The Balaban J connectivity index is 1.83. The van der Waals surface area contributed by atoms with Crippen molar-refractivity contribution in [3.8, 4) is 22.8 Å². The predicted molar refractivity (Wildman–Crippen MR) is 120 cm³/mol. The number of nitrogens with two attached hydrogens (primary N) is 1. The lowest BCUT2D eigenvalue weighted by Crippen LogP contribution is -2.18. The van der Waals surface area contributed by atoms with E-state index in [-0.39, 0.29) is 17.2 Å². The number of carbonyl (C=O) groups excluding carboxylic acids is 2. The van der Waals surface area contributed by atoms with Gasteiger partial charge in [-0.1, -0.05) is 12.1 Å². The van der Waals surface area contributed by atoms with Crippen LogP contribution in [0.1, 0.15) is 40.6 Å². The Bertz CT molecular complexity index is 1280. The van der Waals surface area contributed by atoms with E-state index in [1.54, 1.807) is 61.1 Å². The molecule has 0 aliphatic carbocycles. The first-order valence-electron chi connectivity index (χ1n) is 9.97. The zero-order chi connectivity index (χ0) is 22.7. The number of nitrogens with zero attached hydrogens (tertiary/aromatic N) is 5. The number of hydrogen-bond acceptors (Lipinski definition) is 6. The molecule has 2 amide bonds. The summed E-state index contributed by atoms with van der Waals surface area (Å²) in [5.41, 5.74) is 7.95. The Labute approximate surface area is 184 Å². The van der Waals surface area contributed by atoms with Crippen molar-refractivity contribution in [2.45, 2.75) is 19.9 Å². The summed E-state index contributed by atoms with van der Waals surface area (Å²) in [7, 11) is 0. The molecule has 4 rings (SSSR count). The fraction of sp³-hybridized carbons (Fsp3) is 0.130. The molecule has 3 aromatic heterocycles.